The zero-order valence-corrected chi connectivity index (χ0v) is 13.0. The fourth-order valence-electron chi connectivity index (χ4n) is 2.02. The minimum atomic E-state index is -4.08. The van der Waals surface area contributed by atoms with Gasteiger partial charge in [0.2, 0.25) is 10.0 Å². The molecule has 0 saturated carbocycles. The van der Waals surface area contributed by atoms with Crippen molar-refractivity contribution in [3.63, 3.8) is 0 Å². The van der Waals surface area contributed by atoms with Gasteiger partial charge >= 0.3 is 0 Å². The highest BCUT2D eigenvalue weighted by Gasteiger charge is 2.24. The summed E-state index contributed by atoms with van der Waals surface area (Å²) in [7, 11) is -4.08. The molecule has 1 aromatic rings. The fraction of sp³-hybridized carbons (Fsp3) is 0.571. The van der Waals surface area contributed by atoms with Gasteiger partial charge < -0.3 is 5.11 Å². The first kappa shape index (κ1) is 18.0. The van der Waals surface area contributed by atoms with Crippen LogP contribution >= 0.6 is 0 Å². The minimum absolute atomic E-state index is 0.344. The first-order valence-electron chi connectivity index (χ1n) is 6.93. The highest BCUT2D eigenvalue weighted by atomic mass is 32.2. The normalized spacial score (nSPS) is 13.4. The molecule has 4 nitrogen and oxygen atoms in total. The Morgan fingerprint density at radius 3 is 2.52 bits per heavy atom. The van der Waals surface area contributed by atoms with Crippen LogP contribution in [0.1, 0.15) is 45.1 Å². The van der Waals surface area contributed by atoms with E-state index in [1.807, 2.05) is 6.92 Å². The molecule has 1 unspecified atom stereocenters. The number of rotatable bonds is 8. The van der Waals surface area contributed by atoms with Crippen LogP contribution in [0.25, 0.3) is 0 Å². The molecule has 0 heterocycles. The van der Waals surface area contributed by atoms with Crippen molar-refractivity contribution in [3.05, 3.63) is 29.3 Å². The topological polar surface area (TPSA) is 66.4 Å². The molecule has 1 atom stereocenters. The highest BCUT2D eigenvalue weighted by Crippen LogP contribution is 2.21. The van der Waals surface area contributed by atoms with E-state index in [0.717, 1.165) is 31.4 Å². The number of hydrogen-bond acceptors (Lipinski definition) is 3. The van der Waals surface area contributed by atoms with Gasteiger partial charge in [-0.3, -0.25) is 0 Å². The van der Waals surface area contributed by atoms with Crippen molar-refractivity contribution in [2.75, 3.05) is 0 Å². The summed E-state index contributed by atoms with van der Waals surface area (Å²) in [5.41, 5.74) is -0.642. The molecule has 0 spiro atoms. The molecule has 0 aliphatic heterocycles. The van der Waals surface area contributed by atoms with E-state index in [9.17, 15) is 17.2 Å². The van der Waals surface area contributed by atoms with Crippen molar-refractivity contribution in [1.82, 2.24) is 4.72 Å². The van der Waals surface area contributed by atoms with Gasteiger partial charge in [0, 0.05) is 6.04 Å². The number of halogens is 2. The molecule has 7 heteroatoms. The molecule has 1 aromatic carbocycles. The van der Waals surface area contributed by atoms with Crippen LogP contribution < -0.4 is 4.72 Å². The van der Waals surface area contributed by atoms with Gasteiger partial charge in [-0.15, -0.1) is 0 Å². The van der Waals surface area contributed by atoms with Crippen molar-refractivity contribution in [3.8, 4) is 0 Å². The zero-order valence-electron chi connectivity index (χ0n) is 12.2. The van der Waals surface area contributed by atoms with Gasteiger partial charge in [-0.25, -0.2) is 21.9 Å². The smallest absolute Gasteiger partial charge is 0.243 e. The molecular formula is C14H21F2NO3S. The highest BCUT2D eigenvalue weighted by molar-refractivity contribution is 7.89. The summed E-state index contributed by atoms with van der Waals surface area (Å²) in [6.45, 7) is 2.84. The predicted octanol–water partition coefficient (Wildman–Crippen LogP) is 2.70. The number of hydrogen-bond donors (Lipinski definition) is 2. The third-order valence-electron chi connectivity index (χ3n) is 3.20. The van der Waals surface area contributed by atoms with Crippen molar-refractivity contribution in [2.45, 2.75) is 57.1 Å². The second-order valence-corrected chi connectivity index (χ2v) is 6.70. The van der Waals surface area contributed by atoms with Crippen molar-refractivity contribution in [1.29, 1.82) is 0 Å². The van der Waals surface area contributed by atoms with Crippen molar-refractivity contribution in [2.24, 2.45) is 0 Å². The maximum Gasteiger partial charge on any atom is 0.243 e. The Balaban J connectivity index is 2.93. The minimum Gasteiger partial charge on any atom is -0.391 e. The Morgan fingerprint density at radius 1 is 1.29 bits per heavy atom. The van der Waals surface area contributed by atoms with E-state index in [2.05, 4.69) is 4.72 Å². The summed E-state index contributed by atoms with van der Waals surface area (Å²) in [6, 6.07) is 1.36. The SMILES string of the molecule is CCCCCC(C)NS(=O)(=O)c1ccc(F)c(CO)c1F. The molecule has 2 N–H and O–H groups in total. The Kier molecular flexibility index (Phi) is 6.70. The lowest BCUT2D eigenvalue weighted by molar-refractivity contribution is 0.267. The average molecular weight is 321 g/mol. The molecular weight excluding hydrogens is 300 g/mol. The monoisotopic (exact) mass is 321 g/mol. The number of nitrogens with one attached hydrogen (secondary N) is 1. The number of benzene rings is 1. The zero-order chi connectivity index (χ0) is 16.0. The molecule has 0 radical (unpaired) electrons. The third kappa shape index (κ3) is 4.72. The number of unbranched alkanes of at least 4 members (excludes halogenated alkanes) is 2. The van der Waals surface area contributed by atoms with Crippen LogP contribution in [0.3, 0.4) is 0 Å². The first-order chi connectivity index (χ1) is 9.83. The van der Waals surface area contributed by atoms with E-state index in [1.165, 1.54) is 0 Å². The van der Waals surface area contributed by atoms with E-state index < -0.39 is 38.7 Å². The van der Waals surface area contributed by atoms with Gasteiger partial charge in [-0.1, -0.05) is 26.2 Å². The van der Waals surface area contributed by atoms with Crippen LogP contribution in [0.2, 0.25) is 0 Å². The molecule has 0 fully saturated rings. The lowest BCUT2D eigenvalue weighted by Gasteiger charge is -2.15. The van der Waals surface area contributed by atoms with Crippen LogP contribution in [0, 0.1) is 11.6 Å². The molecule has 0 aromatic heterocycles. The van der Waals surface area contributed by atoms with E-state index in [1.54, 1.807) is 6.92 Å². The molecule has 0 amide bonds. The molecule has 0 bridgehead atoms. The number of aliphatic hydroxyl groups excluding tert-OH is 1. The molecule has 21 heavy (non-hydrogen) atoms. The van der Waals surface area contributed by atoms with Gasteiger partial charge in [0.25, 0.3) is 0 Å². The Morgan fingerprint density at radius 2 is 1.95 bits per heavy atom. The van der Waals surface area contributed by atoms with Crippen molar-refractivity contribution >= 4 is 10.0 Å². The van der Waals surface area contributed by atoms with Gasteiger partial charge in [0.05, 0.1) is 12.2 Å². The Bertz CT molecular complexity index is 576. The summed E-state index contributed by atoms with van der Waals surface area (Å²) in [4.78, 5) is -0.643. The molecule has 0 aliphatic rings. The molecule has 0 aliphatic carbocycles. The first-order valence-corrected chi connectivity index (χ1v) is 8.41. The maximum atomic E-state index is 14.0. The second kappa shape index (κ2) is 7.82. The van der Waals surface area contributed by atoms with Crippen LogP contribution in [-0.4, -0.2) is 19.6 Å². The van der Waals surface area contributed by atoms with Crippen LogP contribution in [0.15, 0.2) is 17.0 Å². The van der Waals surface area contributed by atoms with Gasteiger partial charge in [0.15, 0.2) is 5.82 Å². The van der Waals surface area contributed by atoms with Crippen molar-refractivity contribution < 1.29 is 22.3 Å². The van der Waals surface area contributed by atoms with E-state index >= 15 is 0 Å². The lowest BCUT2D eigenvalue weighted by Crippen LogP contribution is -2.33. The van der Waals surface area contributed by atoms with E-state index in [-0.39, 0.29) is 6.04 Å². The standard InChI is InChI=1S/C14H21F2NO3S/c1-3-4-5-6-10(2)17-21(19,20)13-8-7-12(15)11(9-18)14(13)16/h7-8,10,17-18H,3-6,9H2,1-2H3. The maximum absolute atomic E-state index is 14.0. The molecule has 0 saturated heterocycles. The quantitative estimate of drug-likeness (QED) is 0.724. The largest absolute Gasteiger partial charge is 0.391 e. The number of sulfonamides is 1. The van der Waals surface area contributed by atoms with Gasteiger partial charge in [-0.05, 0) is 25.5 Å². The summed E-state index contributed by atoms with van der Waals surface area (Å²) in [5, 5.41) is 8.92. The number of aliphatic hydroxyl groups is 1. The second-order valence-electron chi connectivity index (χ2n) is 5.01. The third-order valence-corrected chi connectivity index (χ3v) is 4.80. The van der Waals surface area contributed by atoms with Crippen LogP contribution in [0.5, 0.6) is 0 Å². The predicted molar refractivity (Wildman–Crippen MR) is 76.2 cm³/mol. The Hall–Kier alpha value is -1.05. The van der Waals surface area contributed by atoms with E-state index in [0.29, 0.717) is 6.42 Å². The van der Waals surface area contributed by atoms with Crippen LogP contribution in [0.4, 0.5) is 8.78 Å². The van der Waals surface area contributed by atoms with E-state index in [4.69, 9.17) is 5.11 Å². The van der Waals surface area contributed by atoms with Gasteiger partial charge in [-0.2, -0.15) is 0 Å². The van der Waals surface area contributed by atoms with Gasteiger partial charge in [0.1, 0.15) is 10.7 Å². The summed E-state index contributed by atoms with van der Waals surface area (Å²) < 4.78 is 53.9. The fourth-order valence-corrected chi connectivity index (χ4v) is 3.40. The average Bonchev–Trinajstić information content (AvgIpc) is 2.38. The Labute approximate surface area is 124 Å². The lowest BCUT2D eigenvalue weighted by atomic mass is 10.1. The summed E-state index contributed by atoms with van der Waals surface area (Å²) in [6.07, 6.45) is 3.52. The molecule has 120 valence electrons. The molecule has 1 rings (SSSR count). The summed E-state index contributed by atoms with van der Waals surface area (Å²) in [5.74, 6) is -2.21. The van der Waals surface area contributed by atoms with Crippen LogP contribution in [-0.2, 0) is 16.6 Å². The summed E-state index contributed by atoms with van der Waals surface area (Å²) >= 11 is 0.